The number of nitrogens with two attached hydrogens (primary N) is 1. The van der Waals surface area contributed by atoms with Gasteiger partial charge in [0.05, 0.1) is 0 Å². The number of nitrogens with zero attached hydrogens (tertiary/aromatic N) is 1. The molecule has 0 atom stereocenters. The van der Waals surface area contributed by atoms with Crippen molar-refractivity contribution in [1.29, 1.82) is 0 Å². The summed E-state index contributed by atoms with van der Waals surface area (Å²) in [5.41, 5.74) is 4.92. The van der Waals surface area contributed by atoms with Crippen molar-refractivity contribution in [2.75, 3.05) is 0 Å². The number of aromatic nitrogens is 1. The van der Waals surface area contributed by atoms with E-state index >= 15 is 0 Å². The van der Waals surface area contributed by atoms with Crippen LogP contribution >= 0.6 is 12.4 Å². The van der Waals surface area contributed by atoms with Gasteiger partial charge in [0.25, 0.3) is 11.5 Å². The lowest BCUT2D eigenvalue weighted by Gasteiger charge is -2.06. The molecule has 6 heteroatoms. The number of carbonyl (C=O) groups excluding carboxylic acids is 1. The first-order valence-corrected chi connectivity index (χ1v) is 4.87. The van der Waals surface area contributed by atoms with Gasteiger partial charge in [0.2, 0.25) is 0 Å². The fraction of sp³-hybridized carbons (Fsp3) is 0. The molecule has 1 aromatic heterocycles. The Morgan fingerprint density at radius 1 is 1.17 bits per heavy atom. The molecule has 0 aliphatic carbocycles. The van der Waals surface area contributed by atoms with Crippen LogP contribution < -0.4 is 11.3 Å². The van der Waals surface area contributed by atoms with Gasteiger partial charge in [-0.15, -0.1) is 12.4 Å². The van der Waals surface area contributed by atoms with Gasteiger partial charge in [0.1, 0.15) is 11.4 Å². The van der Waals surface area contributed by atoms with Gasteiger partial charge in [-0.05, 0) is 36.4 Å². The molecule has 0 spiro atoms. The van der Waals surface area contributed by atoms with Gasteiger partial charge in [-0.2, -0.15) is 0 Å². The van der Waals surface area contributed by atoms with E-state index < -0.39 is 17.3 Å². The highest BCUT2D eigenvalue weighted by Gasteiger charge is 2.09. The standard InChI is InChI=1S/C12H9FN2O2.ClH/c13-8-3-5-9(6-4-8)15-7-1-2-10(11(14)16)12(15)17;/h1-7H,(H2,14,16);1H. The zero-order valence-electron chi connectivity index (χ0n) is 9.17. The van der Waals surface area contributed by atoms with Crippen LogP contribution in [0.4, 0.5) is 4.39 Å². The molecule has 2 aromatic rings. The number of benzene rings is 1. The Hall–Kier alpha value is -2.14. The van der Waals surface area contributed by atoms with Crippen LogP contribution in [0, 0.1) is 5.82 Å². The average Bonchev–Trinajstić information content (AvgIpc) is 2.30. The molecule has 1 heterocycles. The molecule has 0 saturated carbocycles. The Balaban J connectivity index is 0.00000162. The second-order valence-corrected chi connectivity index (χ2v) is 3.44. The molecule has 0 aliphatic heterocycles. The molecule has 2 N–H and O–H groups in total. The van der Waals surface area contributed by atoms with E-state index in [9.17, 15) is 14.0 Å². The summed E-state index contributed by atoms with van der Waals surface area (Å²) in [5.74, 6) is -1.18. The summed E-state index contributed by atoms with van der Waals surface area (Å²) >= 11 is 0. The van der Waals surface area contributed by atoms with Crippen LogP contribution in [0.15, 0.2) is 47.4 Å². The van der Waals surface area contributed by atoms with E-state index in [1.54, 1.807) is 0 Å². The van der Waals surface area contributed by atoms with Crippen LogP contribution in [-0.2, 0) is 0 Å². The smallest absolute Gasteiger partial charge is 0.267 e. The third kappa shape index (κ3) is 2.57. The van der Waals surface area contributed by atoms with E-state index in [0.29, 0.717) is 5.69 Å². The summed E-state index contributed by atoms with van der Waals surface area (Å²) in [6.07, 6.45) is 1.49. The summed E-state index contributed by atoms with van der Waals surface area (Å²) in [4.78, 5) is 22.9. The Labute approximate surface area is 108 Å². The maximum absolute atomic E-state index is 12.7. The highest BCUT2D eigenvalue weighted by atomic mass is 35.5. The Morgan fingerprint density at radius 3 is 2.33 bits per heavy atom. The van der Waals surface area contributed by atoms with E-state index in [2.05, 4.69) is 0 Å². The highest BCUT2D eigenvalue weighted by molar-refractivity contribution is 5.92. The van der Waals surface area contributed by atoms with Crippen LogP contribution in [0.25, 0.3) is 5.69 Å². The quantitative estimate of drug-likeness (QED) is 0.897. The number of primary amides is 1. The maximum atomic E-state index is 12.7. The molecule has 2 rings (SSSR count). The van der Waals surface area contributed by atoms with Gasteiger partial charge >= 0.3 is 0 Å². The van der Waals surface area contributed by atoms with Crippen molar-refractivity contribution in [3.05, 3.63) is 64.3 Å². The van der Waals surface area contributed by atoms with Gasteiger partial charge in [0, 0.05) is 11.9 Å². The molecule has 4 nitrogen and oxygen atoms in total. The van der Waals surface area contributed by atoms with Crippen molar-refractivity contribution in [2.24, 2.45) is 5.73 Å². The Morgan fingerprint density at radius 2 is 1.78 bits per heavy atom. The van der Waals surface area contributed by atoms with Gasteiger partial charge in [0.15, 0.2) is 0 Å². The summed E-state index contributed by atoms with van der Waals surface area (Å²) in [5, 5.41) is 0. The maximum Gasteiger partial charge on any atom is 0.267 e. The highest BCUT2D eigenvalue weighted by Crippen LogP contribution is 2.06. The molecule has 18 heavy (non-hydrogen) atoms. The normalized spacial score (nSPS) is 9.61. The lowest BCUT2D eigenvalue weighted by Crippen LogP contribution is -2.28. The van der Waals surface area contributed by atoms with Crippen molar-refractivity contribution in [1.82, 2.24) is 4.57 Å². The van der Waals surface area contributed by atoms with Crippen molar-refractivity contribution in [2.45, 2.75) is 0 Å². The molecule has 0 aliphatic rings. The number of pyridine rings is 1. The van der Waals surface area contributed by atoms with Crippen molar-refractivity contribution >= 4 is 18.3 Å². The predicted octanol–water partition coefficient (Wildman–Crippen LogP) is 1.50. The summed E-state index contributed by atoms with van der Waals surface area (Å²) < 4.78 is 14.0. The zero-order valence-corrected chi connectivity index (χ0v) is 9.99. The van der Waals surface area contributed by atoms with E-state index in [1.807, 2.05) is 0 Å². The number of carbonyl (C=O) groups is 1. The van der Waals surface area contributed by atoms with Crippen LogP contribution in [-0.4, -0.2) is 10.5 Å². The van der Waals surface area contributed by atoms with Gasteiger partial charge in [-0.3, -0.25) is 14.2 Å². The molecule has 0 radical (unpaired) electrons. The summed E-state index contributed by atoms with van der Waals surface area (Å²) in [6, 6.07) is 8.25. The third-order valence-electron chi connectivity index (χ3n) is 2.32. The fourth-order valence-corrected chi connectivity index (χ4v) is 1.49. The van der Waals surface area contributed by atoms with E-state index in [0.717, 1.165) is 0 Å². The summed E-state index contributed by atoms with van der Waals surface area (Å²) in [7, 11) is 0. The van der Waals surface area contributed by atoms with E-state index in [4.69, 9.17) is 5.73 Å². The molecule has 1 aromatic carbocycles. The minimum atomic E-state index is -0.786. The Kier molecular flexibility index (Phi) is 4.23. The SMILES string of the molecule is Cl.NC(=O)c1cccn(-c2ccc(F)cc2)c1=O. The molecule has 1 amide bonds. The monoisotopic (exact) mass is 268 g/mol. The number of rotatable bonds is 2. The van der Waals surface area contributed by atoms with Crippen LogP contribution in [0.2, 0.25) is 0 Å². The molecular formula is C12H10ClFN2O2. The van der Waals surface area contributed by atoms with Crippen molar-refractivity contribution in [3.63, 3.8) is 0 Å². The number of hydrogen-bond donors (Lipinski definition) is 1. The second-order valence-electron chi connectivity index (χ2n) is 3.44. The van der Waals surface area contributed by atoms with Crippen molar-refractivity contribution < 1.29 is 9.18 Å². The average molecular weight is 269 g/mol. The minimum absolute atomic E-state index is 0. The number of halogens is 2. The van der Waals surface area contributed by atoms with Crippen LogP contribution in [0.1, 0.15) is 10.4 Å². The van der Waals surface area contributed by atoms with Gasteiger partial charge < -0.3 is 5.73 Å². The first-order chi connectivity index (χ1) is 8.09. The number of hydrogen-bond acceptors (Lipinski definition) is 2. The predicted molar refractivity (Wildman–Crippen MR) is 67.8 cm³/mol. The largest absolute Gasteiger partial charge is 0.365 e. The van der Waals surface area contributed by atoms with Gasteiger partial charge in [-0.25, -0.2) is 4.39 Å². The topological polar surface area (TPSA) is 65.1 Å². The number of amides is 1. The first-order valence-electron chi connectivity index (χ1n) is 4.87. The third-order valence-corrected chi connectivity index (χ3v) is 2.32. The summed E-state index contributed by atoms with van der Waals surface area (Å²) in [6.45, 7) is 0. The molecule has 0 fully saturated rings. The molecule has 0 bridgehead atoms. The first kappa shape index (κ1) is 13.9. The van der Waals surface area contributed by atoms with Crippen LogP contribution in [0.5, 0.6) is 0 Å². The molecular weight excluding hydrogens is 259 g/mol. The van der Waals surface area contributed by atoms with Crippen molar-refractivity contribution in [3.8, 4) is 5.69 Å². The van der Waals surface area contributed by atoms with Crippen LogP contribution in [0.3, 0.4) is 0 Å². The minimum Gasteiger partial charge on any atom is -0.365 e. The molecule has 94 valence electrons. The second kappa shape index (κ2) is 5.46. The molecule has 0 unspecified atom stereocenters. The van der Waals surface area contributed by atoms with Gasteiger partial charge in [-0.1, -0.05) is 0 Å². The van der Waals surface area contributed by atoms with E-state index in [-0.39, 0.29) is 18.0 Å². The molecule has 0 saturated heterocycles. The fourth-order valence-electron chi connectivity index (χ4n) is 1.49. The zero-order chi connectivity index (χ0) is 12.4. The Bertz CT molecular complexity index is 623. The lowest BCUT2D eigenvalue weighted by atomic mass is 10.2. The van der Waals surface area contributed by atoms with E-state index in [1.165, 1.54) is 47.2 Å². The lowest BCUT2D eigenvalue weighted by molar-refractivity contribution is 0.0998.